The summed E-state index contributed by atoms with van der Waals surface area (Å²) in [5, 5.41) is 10.7. The summed E-state index contributed by atoms with van der Waals surface area (Å²) >= 11 is 0. The predicted octanol–water partition coefficient (Wildman–Crippen LogP) is 5.59. The Labute approximate surface area is 207 Å². The first kappa shape index (κ1) is 24.9. The van der Waals surface area contributed by atoms with Crippen molar-refractivity contribution in [3.05, 3.63) is 59.2 Å². The van der Waals surface area contributed by atoms with Crippen LogP contribution in [0.2, 0.25) is 0 Å². The number of carbonyl (C=O) groups excluding carboxylic acids is 1. The molecule has 35 heavy (non-hydrogen) atoms. The average molecular weight is 478 g/mol. The molecule has 0 saturated carbocycles. The van der Waals surface area contributed by atoms with Crippen LogP contribution < -0.4 is 14.2 Å². The molecule has 2 aliphatic heterocycles. The van der Waals surface area contributed by atoms with Crippen LogP contribution in [0.5, 0.6) is 23.0 Å². The number of allylic oxidation sites excluding steroid dienone is 1. The molecule has 6 heteroatoms. The zero-order chi connectivity index (χ0) is 25.0. The fraction of sp³-hybridized carbons (Fsp3) is 0.414. The molecule has 186 valence electrons. The van der Waals surface area contributed by atoms with E-state index in [0.717, 1.165) is 31.1 Å². The summed E-state index contributed by atoms with van der Waals surface area (Å²) < 4.78 is 17.4. The summed E-state index contributed by atoms with van der Waals surface area (Å²) in [6.45, 7) is 9.93. The fourth-order valence-electron chi connectivity index (χ4n) is 4.38. The predicted molar refractivity (Wildman–Crippen MR) is 139 cm³/mol. The van der Waals surface area contributed by atoms with Crippen molar-refractivity contribution in [1.82, 2.24) is 4.90 Å². The maximum Gasteiger partial charge on any atom is 0.189 e. The van der Waals surface area contributed by atoms with Crippen LogP contribution in [0.4, 0.5) is 0 Å². The third-order valence-electron chi connectivity index (χ3n) is 6.62. The largest absolute Gasteiger partial charge is 0.506 e. The SMILES string of the molecule is COc1cc(/C=C/C(=O)c2ccc3c(c2O)C=CC(C)(C)O3)ccc1OCCN1CCC(C)CC1. The van der Waals surface area contributed by atoms with Gasteiger partial charge in [-0.2, -0.15) is 0 Å². The van der Waals surface area contributed by atoms with E-state index in [1.807, 2.05) is 38.1 Å². The number of fused-ring (bicyclic) bond motifs is 1. The second kappa shape index (κ2) is 10.6. The van der Waals surface area contributed by atoms with Gasteiger partial charge in [-0.05, 0) is 93.8 Å². The van der Waals surface area contributed by atoms with E-state index in [4.69, 9.17) is 14.2 Å². The first-order valence-corrected chi connectivity index (χ1v) is 12.3. The number of phenolic OH excluding ortho intramolecular Hbond substituents is 1. The highest BCUT2D eigenvalue weighted by atomic mass is 16.5. The van der Waals surface area contributed by atoms with E-state index in [0.29, 0.717) is 29.4 Å². The first-order chi connectivity index (χ1) is 16.8. The smallest absolute Gasteiger partial charge is 0.189 e. The number of ether oxygens (including phenoxy) is 3. The molecule has 1 saturated heterocycles. The molecule has 2 heterocycles. The van der Waals surface area contributed by atoms with Gasteiger partial charge >= 0.3 is 0 Å². The van der Waals surface area contributed by atoms with Gasteiger partial charge in [0.05, 0.1) is 18.2 Å². The number of methoxy groups -OCH3 is 1. The van der Waals surface area contributed by atoms with Crippen LogP contribution in [0.15, 0.2) is 42.5 Å². The summed E-state index contributed by atoms with van der Waals surface area (Å²) in [6, 6.07) is 8.90. The lowest BCUT2D eigenvalue weighted by Gasteiger charge is -2.30. The number of phenols is 1. The van der Waals surface area contributed by atoms with Crippen molar-refractivity contribution in [3.8, 4) is 23.0 Å². The molecule has 0 aromatic heterocycles. The molecule has 0 bridgehead atoms. The van der Waals surface area contributed by atoms with Crippen molar-refractivity contribution >= 4 is 17.9 Å². The van der Waals surface area contributed by atoms with Gasteiger partial charge in [0, 0.05) is 6.54 Å². The number of aromatic hydroxyl groups is 1. The molecule has 0 unspecified atom stereocenters. The number of ketones is 1. The monoisotopic (exact) mass is 477 g/mol. The Morgan fingerprint density at radius 1 is 1.20 bits per heavy atom. The molecule has 2 aliphatic rings. The van der Waals surface area contributed by atoms with E-state index in [1.165, 1.54) is 18.9 Å². The molecule has 0 amide bonds. The van der Waals surface area contributed by atoms with Gasteiger partial charge in [-0.1, -0.05) is 19.1 Å². The van der Waals surface area contributed by atoms with Crippen molar-refractivity contribution in [2.24, 2.45) is 5.92 Å². The van der Waals surface area contributed by atoms with Crippen LogP contribution >= 0.6 is 0 Å². The van der Waals surface area contributed by atoms with Crippen molar-refractivity contribution in [2.75, 3.05) is 33.4 Å². The highest BCUT2D eigenvalue weighted by molar-refractivity contribution is 6.09. The van der Waals surface area contributed by atoms with Crippen molar-refractivity contribution in [1.29, 1.82) is 0 Å². The van der Waals surface area contributed by atoms with Gasteiger partial charge in [0.25, 0.3) is 0 Å². The Hall–Kier alpha value is -3.25. The maximum absolute atomic E-state index is 12.8. The molecule has 0 atom stereocenters. The zero-order valence-corrected chi connectivity index (χ0v) is 21.0. The molecule has 1 fully saturated rings. The van der Waals surface area contributed by atoms with E-state index in [-0.39, 0.29) is 17.1 Å². The minimum atomic E-state index is -0.452. The Kier molecular flexibility index (Phi) is 7.51. The van der Waals surface area contributed by atoms with Crippen LogP contribution in [-0.2, 0) is 0 Å². The molecule has 0 spiro atoms. The van der Waals surface area contributed by atoms with Crippen molar-refractivity contribution in [2.45, 2.75) is 39.2 Å². The van der Waals surface area contributed by atoms with Crippen LogP contribution in [0.1, 0.15) is 55.1 Å². The van der Waals surface area contributed by atoms with Gasteiger partial charge in [0.15, 0.2) is 17.3 Å². The topological polar surface area (TPSA) is 68.2 Å². The maximum atomic E-state index is 12.8. The molecule has 6 nitrogen and oxygen atoms in total. The van der Waals surface area contributed by atoms with Gasteiger partial charge in [0.1, 0.15) is 23.7 Å². The highest BCUT2D eigenvalue weighted by Crippen LogP contribution is 2.38. The van der Waals surface area contributed by atoms with Crippen molar-refractivity contribution < 1.29 is 24.1 Å². The van der Waals surface area contributed by atoms with Crippen LogP contribution in [-0.4, -0.2) is 54.7 Å². The minimum absolute atomic E-state index is 0.0756. The molecule has 4 rings (SSSR count). The third kappa shape index (κ3) is 6.06. The number of hydrogen-bond donors (Lipinski definition) is 1. The number of benzene rings is 2. The van der Waals surface area contributed by atoms with E-state index < -0.39 is 5.60 Å². The van der Waals surface area contributed by atoms with Crippen molar-refractivity contribution in [3.63, 3.8) is 0 Å². The van der Waals surface area contributed by atoms with Crippen LogP contribution in [0, 0.1) is 5.92 Å². The van der Waals surface area contributed by atoms with E-state index >= 15 is 0 Å². The number of likely N-dealkylation sites (tertiary alicyclic amines) is 1. The first-order valence-electron chi connectivity index (χ1n) is 12.3. The highest BCUT2D eigenvalue weighted by Gasteiger charge is 2.25. The Morgan fingerprint density at radius 2 is 1.97 bits per heavy atom. The van der Waals surface area contributed by atoms with Gasteiger partial charge in [-0.25, -0.2) is 0 Å². The van der Waals surface area contributed by atoms with Gasteiger partial charge in [0.2, 0.25) is 0 Å². The quantitative estimate of drug-likeness (QED) is 0.395. The third-order valence-corrected chi connectivity index (χ3v) is 6.62. The summed E-state index contributed by atoms with van der Waals surface area (Å²) in [4.78, 5) is 15.3. The number of hydrogen-bond acceptors (Lipinski definition) is 6. The molecule has 2 aromatic carbocycles. The molecule has 2 aromatic rings. The minimum Gasteiger partial charge on any atom is -0.506 e. The second-order valence-electron chi connectivity index (χ2n) is 9.89. The molecule has 0 radical (unpaired) electrons. The fourth-order valence-corrected chi connectivity index (χ4v) is 4.38. The second-order valence-corrected chi connectivity index (χ2v) is 9.89. The lowest BCUT2D eigenvalue weighted by molar-refractivity contribution is 0.104. The van der Waals surface area contributed by atoms with Crippen LogP contribution in [0.25, 0.3) is 12.2 Å². The Morgan fingerprint density at radius 3 is 2.71 bits per heavy atom. The standard InChI is InChI=1S/C29H35NO5/c1-20-12-15-30(16-13-20)17-18-34-26-9-6-21(19-27(26)33-4)5-8-24(31)22-7-10-25-23(28(22)32)11-14-29(2,3)35-25/h5-11,14,19-20,32H,12-13,15-18H2,1-4H3/b8-5+. The normalized spacial score (nSPS) is 17.7. The van der Waals surface area contributed by atoms with E-state index in [1.54, 1.807) is 31.4 Å². The molecular formula is C29H35NO5. The number of carbonyl (C=O) groups is 1. The van der Waals surface area contributed by atoms with E-state index in [9.17, 15) is 9.90 Å². The molecule has 0 aliphatic carbocycles. The molecular weight excluding hydrogens is 442 g/mol. The van der Waals surface area contributed by atoms with Gasteiger partial charge in [-0.15, -0.1) is 0 Å². The number of piperidine rings is 1. The van der Waals surface area contributed by atoms with Gasteiger partial charge in [-0.3, -0.25) is 9.69 Å². The molecule has 1 N–H and O–H groups in total. The summed E-state index contributed by atoms with van der Waals surface area (Å²) in [5.74, 6) is 2.31. The Balaban J connectivity index is 1.39. The Bertz CT molecular complexity index is 1130. The summed E-state index contributed by atoms with van der Waals surface area (Å²) in [6.07, 6.45) is 9.30. The summed E-state index contributed by atoms with van der Waals surface area (Å²) in [5.41, 5.74) is 1.10. The lowest BCUT2D eigenvalue weighted by Crippen LogP contribution is -2.35. The van der Waals surface area contributed by atoms with E-state index in [2.05, 4.69) is 11.8 Å². The summed E-state index contributed by atoms with van der Waals surface area (Å²) in [7, 11) is 1.61. The van der Waals surface area contributed by atoms with Gasteiger partial charge < -0.3 is 19.3 Å². The zero-order valence-electron chi connectivity index (χ0n) is 21.0. The average Bonchev–Trinajstić information content (AvgIpc) is 2.83. The number of nitrogens with zero attached hydrogens (tertiary/aromatic N) is 1. The van der Waals surface area contributed by atoms with Crippen LogP contribution in [0.3, 0.4) is 0 Å². The lowest BCUT2D eigenvalue weighted by atomic mass is 9.98. The number of rotatable bonds is 8.